The third-order valence-corrected chi connectivity index (χ3v) is 4.45. The van der Waals surface area contributed by atoms with Crippen LogP contribution < -0.4 is 4.74 Å². The summed E-state index contributed by atoms with van der Waals surface area (Å²) in [4.78, 5) is 12.0. The van der Waals surface area contributed by atoms with E-state index in [0.717, 1.165) is 37.7 Å². The van der Waals surface area contributed by atoms with Gasteiger partial charge in [-0.3, -0.25) is 0 Å². The van der Waals surface area contributed by atoms with Crippen molar-refractivity contribution in [2.24, 2.45) is 0 Å². The Morgan fingerprint density at radius 1 is 0.963 bits per heavy atom. The molecule has 0 atom stereocenters. The monoisotopic (exact) mass is 370 g/mol. The van der Waals surface area contributed by atoms with E-state index in [1.165, 1.54) is 32.8 Å². The van der Waals surface area contributed by atoms with Gasteiger partial charge in [0.25, 0.3) is 0 Å². The van der Waals surface area contributed by atoms with Gasteiger partial charge in [-0.05, 0) is 50.2 Å². The number of carbonyl (C=O) groups excluding carboxylic acids is 1. The van der Waals surface area contributed by atoms with Gasteiger partial charge in [0.2, 0.25) is 0 Å². The number of aryl methyl sites for hydroxylation is 1. The lowest BCUT2D eigenvalue weighted by Gasteiger charge is -2.12. The van der Waals surface area contributed by atoms with Crippen molar-refractivity contribution in [3.8, 4) is 5.75 Å². The summed E-state index contributed by atoms with van der Waals surface area (Å²) in [5.41, 5.74) is 1.57. The lowest BCUT2D eigenvalue weighted by Crippen LogP contribution is -2.08. The van der Waals surface area contributed by atoms with Crippen LogP contribution in [0.15, 0.2) is 55.2 Å². The van der Waals surface area contributed by atoms with Gasteiger partial charge in [0.1, 0.15) is 11.3 Å². The average Bonchev–Trinajstić information content (AvgIpc) is 2.70. The highest BCUT2D eigenvalue weighted by molar-refractivity contribution is 5.94. The minimum absolute atomic E-state index is 0.325. The van der Waals surface area contributed by atoms with E-state index in [0.29, 0.717) is 11.3 Å². The molecule has 0 spiro atoms. The minimum Gasteiger partial charge on any atom is -0.496 e. The molecular formula is C24H34O3. The summed E-state index contributed by atoms with van der Waals surface area (Å²) >= 11 is 0. The first kappa shape index (κ1) is 22.8. The number of hydrogen-bond acceptors (Lipinski definition) is 3. The Balaban J connectivity index is 2.23. The predicted molar refractivity (Wildman–Crippen MR) is 113 cm³/mol. The number of allylic oxidation sites excluding steroid dienone is 5. The summed E-state index contributed by atoms with van der Waals surface area (Å²) in [5.74, 6) is 0.263. The molecule has 0 fully saturated rings. The van der Waals surface area contributed by atoms with Crippen molar-refractivity contribution in [1.82, 2.24) is 0 Å². The van der Waals surface area contributed by atoms with Crippen molar-refractivity contribution < 1.29 is 14.3 Å². The molecule has 0 N–H and O–H groups in total. The number of carbonyl (C=O) groups is 1. The molecule has 148 valence electrons. The molecule has 3 heteroatoms. The number of hydrogen-bond donors (Lipinski definition) is 0. The molecular weight excluding hydrogens is 336 g/mol. The van der Waals surface area contributed by atoms with Crippen molar-refractivity contribution in [2.45, 2.75) is 57.8 Å². The summed E-state index contributed by atoms with van der Waals surface area (Å²) in [6.07, 6.45) is 20.7. The number of unbranched alkanes of at least 4 members (excludes halogenated alkanes) is 5. The van der Waals surface area contributed by atoms with Gasteiger partial charge in [-0.15, -0.1) is 6.58 Å². The number of ether oxygens (including phenoxy) is 2. The van der Waals surface area contributed by atoms with Crippen LogP contribution in [0.3, 0.4) is 0 Å². The molecule has 0 aliphatic heterocycles. The maximum Gasteiger partial charge on any atom is 0.341 e. The van der Waals surface area contributed by atoms with Crippen molar-refractivity contribution in [3.05, 3.63) is 66.3 Å². The summed E-state index contributed by atoms with van der Waals surface area (Å²) in [6.45, 7) is 3.69. The van der Waals surface area contributed by atoms with Crippen molar-refractivity contribution in [2.75, 3.05) is 14.2 Å². The van der Waals surface area contributed by atoms with Crippen LogP contribution in [0.2, 0.25) is 0 Å². The smallest absolute Gasteiger partial charge is 0.341 e. The molecule has 0 aromatic heterocycles. The standard InChI is InChI=1S/C24H34O3/c1-4-5-6-7-8-9-10-11-12-13-14-15-16-18-21-19-17-20-22(26-2)23(21)24(25)27-3/h4,6-7,9-10,17,19-20H,1,5,8,11-16,18H2,2-3H3/b7-6-,10-9-. The molecule has 0 amide bonds. The van der Waals surface area contributed by atoms with Gasteiger partial charge in [-0.1, -0.05) is 61.8 Å². The molecule has 0 radical (unpaired) electrons. The lowest BCUT2D eigenvalue weighted by molar-refractivity contribution is 0.0595. The Morgan fingerprint density at radius 2 is 1.67 bits per heavy atom. The third kappa shape index (κ3) is 9.28. The zero-order valence-corrected chi connectivity index (χ0v) is 16.9. The maximum atomic E-state index is 12.0. The van der Waals surface area contributed by atoms with E-state index >= 15 is 0 Å². The van der Waals surface area contributed by atoms with E-state index < -0.39 is 0 Å². The van der Waals surface area contributed by atoms with Gasteiger partial charge >= 0.3 is 5.97 Å². The fourth-order valence-electron chi connectivity index (χ4n) is 2.98. The molecule has 1 rings (SSSR count). The van der Waals surface area contributed by atoms with Crippen LogP contribution in [0.4, 0.5) is 0 Å². The number of rotatable bonds is 14. The summed E-state index contributed by atoms with van der Waals surface area (Å²) in [5, 5.41) is 0. The van der Waals surface area contributed by atoms with E-state index in [1.54, 1.807) is 13.2 Å². The Bertz CT molecular complexity index is 614. The highest BCUT2D eigenvalue weighted by atomic mass is 16.5. The molecule has 0 bridgehead atoms. The third-order valence-electron chi connectivity index (χ3n) is 4.45. The molecule has 0 heterocycles. The Morgan fingerprint density at radius 3 is 2.41 bits per heavy atom. The zero-order valence-electron chi connectivity index (χ0n) is 16.9. The van der Waals surface area contributed by atoms with Crippen LogP contribution in [0.5, 0.6) is 5.75 Å². The fourth-order valence-corrected chi connectivity index (χ4v) is 2.98. The molecule has 3 nitrogen and oxygen atoms in total. The normalized spacial score (nSPS) is 11.2. The molecule has 1 aromatic carbocycles. The van der Waals surface area contributed by atoms with Crippen LogP contribution >= 0.6 is 0 Å². The van der Waals surface area contributed by atoms with Gasteiger partial charge < -0.3 is 9.47 Å². The Hall–Kier alpha value is -2.29. The van der Waals surface area contributed by atoms with E-state index in [4.69, 9.17) is 9.47 Å². The SMILES string of the molecule is C=CC/C=C\C/C=C\CCCCCCCc1cccc(OC)c1C(=O)OC. The largest absolute Gasteiger partial charge is 0.496 e. The van der Waals surface area contributed by atoms with E-state index in [9.17, 15) is 4.79 Å². The minimum atomic E-state index is -0.325. The summed E-state index contributed by atoms with van der Waals surface area (Å²) in [7, 11) is 2.99. The van der Waals surface area contributed by atoms with E-state index in [1.807, 2.05) is 18.2 Å². The molecule has 0 aliphatic rings. The van der Waals surface area contributed by atoms with Crippen LogP contribution in [0.25, 0.3) is 0 Å². The number of methoxy groups -OCH3 is 2. The molecule has 0 unspecified atom stereocenters. The van der Waals surface area contributed by atoms with Crippen molar-refractivity contribution >= 4 is 5.97 Å². The summed E-state index contributed by atoms with van der Waals surface area (Å²) < 4.78 is 10.2. The average molecular weight is 371 g/mol. The van der Waals surface area contributed by atoms with Gasteiger partial charge in [-0.25, -0.2) is 4.79 Å². The van der Waals surface area contributed by atoms with Crippen molar-refractivity contribution in [3.63, 3.8) is 0 Å². The first-order valence-electron chi connectivity index (χ1n) is 9.89. The second-order valence-corrected chi connectivity index (χ2v) is 6.50. The van der Waals surface area contributed by atoms with Gasteiger partial charge in [0, 0.05) is 0 Å². The maximum absolute atomic E-state index is 12.0. The fraction of sp³-hybridized carbons (Fsp3) is 0.458. The highest BCUT2D eigenvalue weighted by Gasteiger charge is 2.17. The first-order valence-corrected chi connectivity index (χ1v) is 9.89. The Labute approximate surface area is 164 Å². The quantitative estimate of drug-likeness (QED) is 0.215. The van der Waals surface area contributed by atoms with Crippen LogP contribution in [-0.4, -0.2) is 20.2 Å². The van der Waals surface area contributed by atoms with Crippen LogP contribution in [-0.2, 0) is 11.2 Å². The van der Waals surface area contributed by atoms with Gasteiger partial charge in [0.05, 0.1) is 14.2 Å². The van der Waals surface area contributed by atoms with Crippen LogP contribution in [0.1, 0.15) is 67.3 Å². The second-order valence-electron chi connectivity index (χ2n) is 6.50. The molecule has 0 saturated heterocycles. The molecule has 27 heavy (non-hydrogen) atoms. The predicted octanol–water partition coefficient (Wildman–Crippen LogP) is 6.44. The van der Waals surface area contributed by atoms with Gasteiger partial charge in [-0.2, -0.15) is 0 Å². The second kappa shape index (κ2) is 14.8. The van der Waals surface area contributed by atoms with Gasteiger partial charge in [0.15, 0.2) is 0 Å². The topological polar surface area (TPSA) is 35.5 Å². The zero-order chi connectivity index (χ0) is 19.7. The number of benzene rings is 1. The first-order chi connectivity index (χ1) is 13.2. The lowest BCUT2D eigenvalue weighted by atomic mass is 9.99. The van der Waals surface area contributed by atoms with E-state index in [-0.39, 0.29) is 5.97 Å². The van der Waals surface area contributed by atoms with E-state index in [2.05, 4.69) is 30.9 Å². The molecule has 1 aromatic rings. The summed E-state index contributed by atoms with van der Waals surface area (Å²) in [6, 6.07) is 5.72. The highest BCUT2D eigenvalue weighted by Crippen LogP contribution is 2.25. The van der Waals surface area contributed by atoms with Crippen molar-refractivity contribution in [1.29, 1.82) is 0 Å². The van der Waals surface area contributed by atoms with Crippen LogP contribution in [0, 0.1) is 0 Å². The molecule has 0 saturated carbocycles. The Kier molecular flexibility index (Phi) is 12.5. The molecule has 0 aliphatic carbocycles. The number of esters is 1.